The zero-order chi connectivity index (χ0) is 9.19. The van der Waals surface area contributed by atoms with Crippen LogP contribution in [0.2, 0.25) is 0 Å². The van der Waals surface area contributed by atoms with Gasteiger partial charge in [-0.3, -0.25) is 0 Å². The van der Waals surface area contributed by atoms with E-state index in [-0.39, 0.29) is 0 Å². The SMILES string of the molecule is C1=CCC/C=C/CCCC/C=C/C1. The van der Waals surface area contributed by atoms with Gasteiger partial charge in [0.05, 0.1) is 0 Å². The van der Waals surface area contributed by atoms with Crippen LogP contribution in [0.5, 0.6) is 0 Å². The average molecular weight is 176 g/mol. The molecule has 0 saturated carbocycles. The average Bonchev–Trinajstić information content (AvgIpc) is 2.18. The van der Waals surface area contributed by atoms with Crippen molar-refractivity contribution < 1.29 is 0 Å². The molecule has 0 spiro atoms. The standard InChI is InChI=1S/C13H20/c1-2-4-6-8-10-12-13-11-9-7-5-3-1/h1-2,5,7-8,10H,3-4,6,9,11-13H2/b2-1?,7-5+,10-8+. The van der Waals surface area contributed by atoms with E-state index in [4.69, 9.17) is 0 Å². The molecule has 1 aliphatic rings. The van der Waals surface area contributed by atoms with Crippen molar-refractivity contribution >= 4 is 0 Å². The summed E-state index contributed by atoms with van der Waals surface area (Å²) in [4.78, 5) is 0. The highest BCUT2D eigenvalue weighted by Crippen LogP contribution is 2.04. The Morgan fingerprint density at radius 2 is 0.923 bits per heavy atom. The van der Waals surface area contributed by atoms with Crippen molar-refractivity contribution in [2.75, 3.05) is 0 Å². The van der Waals surface area contributed by atoms with E-state index in [2.05, 4.69) is 36.5 Å². The van der Waals surface area contributed by atoms with Crippen molar-refractivity contribution in [2.45, 2.75) is 44.9 Å². The van der Waals surface area contributed by atoms with Gasteiger partial charge in [0.15, 0.2) is 0 Å². The number of hydrogen-bond donors (Lipinski definition) is 0. The summed E-state index contributed by atoms with van der Waals surface area (Å²) in [6.07, 6.45) is 22.5. The van der Waals surface area contributed by atoms with Crippen LogP contribution in [-0.2, 0) is 0 Å². The maximum Gasteiger partial charge on any atom is -0.0169 e. The summed E-state index contributed by atoms with van der Waals surface area (Å²) in [5, 5.41) is 0. The molecule has 0 unspecified atom stereocenters. The molecule has 0 heterocycles. The van der Waals surface area contributed by atoms with E-state index in [0.717, 1.165) is 6.42 Å². The van der Waals surface area contributed by atoms with Crippen LogP contribution < -0.4 is 0 Å². The lowest BCUT2D eigenvalue weighted by molar-refractivity contribution is 0.759. The molecule has 1 aliphatic carbocycles. The Balaban J connectivity index is 2.28. The highest BCUT2D eigenvalue weighted by atomic mass is 13.9. The van der Waals surface area contributed by atoms with Gasteiger partial charge < -0.3 is 0 Å². The van der Waals surface area contributed by atoms with Crippen molar-refractivity contribution in [3.8, 4) is 0 Å². The van der Waals surface area contributed by atoms with Gasteiger partial charge in [-0.1, -0.05) is 36.5 Å². The van der Waals surface area contributed by atoms with Crippen LogP contribution in [0, 0.1) is 0 Å². The van der Waals surface area contributed by atoms with Gasteiger partial charge in [-0.2, -0.15) is 0 Å². The Morgan fingerprint density at radius 1 is 0.462 bits per heavy atom. The summed E-state index contributed by atoms with van der Waals surface area (Å²) in [7, 11) is 0. The van der Waals surface area contributed by atoms with E-state index in [9.17, 15) is 0 Å². The summed E-state index contributed by atoms with van der Waals surface area (Å²) >= 11 is 0. The van der Waals surface area contributed by atoms with Gasteiger partial charge in [0.2, 0.25) is 0 Å². The Hall–Kier alpha value is -0.780. The Bertz CT molecular complexity index is 184. The third kappa shape index (κ3) is 6.39. The van der Waals surface area contributed by atoms with Crippen molar-refractivity contribution in [3.05, 3.63) is 36.5 Å². The highest BCUT2D eigenvalue weighted by Gasteiger charge is 1.84. The fourth-order valence-electron chi connectivity index (χ4n) is 1.46. The van der Waals surface area contributed by atoms with Crippen molar-refractivity contribution in [1.82, 2.24) is 0 Å². The van der Waals surface area contributed by atoms with Crippen LogP contribution in [0.4, 0.5) is 0 Å². The maximum absolute atomic E-state index is 2.33. The summed E-state index contributed by atoms with van der Waals surface area (Å²) in [6.45, 7) is 0. The fourth-order valence-corrected chi connectivity index (χ4v) is 1.46. The zero-order valence-electron chi connectivity index (χ0n) is 8.41. The number of hydrogen-bond acceptors (Lipinski definition) is 0. The molecule has 0 saturated heterocycles. The zero-order valence-corrected chi connectivity index (χ0v) is 8.41. The first-order valence-electron chi connectivity index (χ1n) is 5.45. The lowest BCUT2D eigenvalue weighted by atomic mass is 10.1. The monoisotopic (exact) mass is 176 g/mol. The van der Waals surface area contributed by atoms with Crippen molar-refractivity contribution in [1.29, 1.82) is 0 Å². The molecule has 0 aromatic carbocycles. The minimum Gasteiger partial charge on any atom is -0.0885 e. The van der Waals surface area contributed by atoms with Crippen LogP contribution in [0.3, 0.4) is 0 Å². The molecule has 0 aliphatic heterocycles. The van der Waals surface area contributed by atoms with Gasteiger partial charge in [-0.25, -0.2) is 0 Å². The second-order valence-corrected chi connectivity index (χ2v) is 3.51. The lowest BCUT2D eigenvalue weighted by Crippen LogP contribution is -1.72. The Kier molecular flexibility index (Phi) is 6.22. The van der Waals surface area contributed by atoms with Gasteiger partial charge in [0, 0.05) is 0 Å². The third-order valence-electron chi connectivity index (χ3n) is 2.26. The van der Waals surface area contributed by atoms with Crippen LogP contribution in [0.25, 0.3) is 0 Å². The molecule has 0 aromatic rings. The molecule has 0 atom stereocenters. The third-order valence-corrected chi connectivity index (χ3v) is 2.26. The molecule has 0 N–H and O–H groups in total. The highest BCUT2D eigenvalue weighted by molar-refractivity contribution is 4.94. The van der Waals surface area contributed by atoms with Gasteiger partial charge >= 0.3 is 0 Å². The molecule has 0 nitrogen and oxygen atoms in total. The maximum atomic E-state index is 2.33. The molecule has 0 fully saturated rings. The fraction of sp³-hybridized carbons (Fsp3) is 0.538. The molecule has 0 aromatic heterocycles. The smallest absolute Gasteiger partial charge is 0.0169 e. The summed E-state index contributed by atoms with van der Waals surface area (Å²) in [5.41, 5.74) is 0. The minimum atomic E-state index is 1.11. The second kappa shape index (κ2) is 7.85. The molecule has 0 bridgehead atoms. The summed E-state index contributed by atoms with van der Waals surface area (Å²) < 4.78 is 0. The molecule has 72 valence electrons. The van der Waals surface area contributed by atoms with Crippen LogP contribution in [0.15, 0.2) is 36.5 Å². The van der Waals surface area contributed by atoms with Gasteiger partial charge in [0.25, 0.3) is 0 Å². The van der Waals surface area contributed by atoms with Crippen LogP contribution >= 0.6 is 0 Å². The molecular weight excluding hydrogens is 156 g/mol. The predicted molar refractivity (Wildman–Crippen MR) is 59.7 cm³/mol. The topological polar surface area (TPSA) is 0 Å². The van der Waals surface area contributed by atoms with E-state index in [0.29, 0.717) is 0 Å². The van der Waals surface area contributed by atoms with E-state index in [1.807, 2.05) is 0 Å². The predicted octanol–water partition coefficient (Wildman–Crippen LogP) is 4.40. The Labute approximate surface area is 82.0 Å². The van der Waals surface area contributed by atoms with Crippen LogP contribution in [0.1, 0.15) is 44.9 Å². The molecule has 13 heavy (non-hydrogen) atoms. The lowest BCUT2D eigenvalue weighted by Gasteiger charge is -1.92. The van der Waals surface area contributed by atoms with Gasteiger partial charge in [0.1, 0.15) is 0 Å². The molecule has 1 rings (SSSR count). The Morgan fingerprint density at radius 3 is 1.62 bits per heavy atom. The largest absolute Gasteiger partial charge is 0.0885 e. The summed E-state index contributed by atoms with van der Waals surface area (Å²) in [6, 6.07) is 0. The van der Waals surface area contributed by atoms with Crippen LogP contribution in [-0.4, -0.2) is 0 Å². The van der Waals surface area contributed by atoms with Gasteiger partial charge in [-0.15, -0.1) is 0 Å². The molecule has 0 heteroatoms. The van der Waals surface area contributed by atoms with Crippen molar-refractivity contribution in [2.24, 2.45) is 0 Å². The quantitative estimate of drug-likeness (QED) is 0.480. The van der Waals surface area contributed by atoms with Crippen molar-refractivity contribution in [3.63, 3.8) is 0 Å². The minimum absolute atomic E-state index is 1.11. The van der Waals surface area contributed by atoms with E-state index >= 15 is 0 Å². The number of allylic oxidation sites excluding steroid dienone is 6. The van der Waals surface area contributed by atoms with Gasteiger partial charge in [-0.05, 0) is 44.9 Å². The van der Waals surface area contributed by atoms with E-state index in [1.54, 1.807) is 0 Å². The normalized spacial score (nSPS) is 25.2. The summed E-state index contributed by atoms with van der Waals surface area (Å²) in [5.74, 6) is 0. The second-order valence-electron chi connectivity index (χ2n) is 3.51. The first-order chi connectivity index (χ1) is 6.50. The molecular formula is C13H20. The first kappa shape index (κ1) is 10.3. The molecule has 0 amide bonds. The number of rotatable bonds is 0. The van der Waals surface area contributed by atoms with E-state index in [1.165, 1.54) is 38.5 Å². The molecule has 0 radical (unpaired) electrons. The first-order valence-corrected chi connectivity index (χ1v) is 5.45. The van der Waals surface area contributed by atoms with E-state index < -0.39 is 0 Å².